The second kappa shape index (κ2) is 10.5. The molecule has 0 N–H and O–H groups in total. The van der Waals surface area contributed by atoms with E-state index in [1.165, 1.54) is 28.9 Å². The second-order valence-corrected chi connectivity index (χ2v) is 8.46. The third-order valence-corrected chi connectivity index (χ3v) is 5.97. The van der Waals surface area contributed by atoms with Crippen molar-refractivity contribution in [3.63, 3.8) is 0 Å². The van der Waals surface area contributed by atoms with Gasteiger partial charge < -0.3 is 14.0 Å². The van der Waals surface area contributed by atoms with Crippen LogP contribution in [0.3, 0.4) is 0 Å². The molecule has 0 saturated heterocycles. The minimum atomic E-state index is -0.250. The fourth-order valence-electron chi connectivity index (χ4n) is 3.45. The quantitative estimate of drug-likeness (QED) is 0.438. The molecule has 160 valence electrons. The number of aryl methyl sites for hydroxylation is 2. The summed E-state index contributed by atoms with van der Waals surface area (Å²) in [6.45, 7) is 8.25. The van der Waals surface area contributed by atoms with E-state index in [1.807, 2.05) is 12.1 Å². The van der Waals surface area contributed by atoms with Crippen LogP contribution in [0.5, 0.6) is 5.75 Å². The van der Waals surface area contributed by atoms with E-state index in [2.05, 4.69) is 42.5 Å². The van der Waals surface area contributed by atoms with Crippen molar-refractivity contribution < 1.29 is 14.3 Å². The molecule has 0 unspecified atom stereocenters. The monoisotopic (exact) mass is 426 g/mol. The van der Waals surface area contributed by atoms with E-state index in [0.29, 0.717) is 30.1 Å². The molecule has 1 amide bonds. The summed E-state index contributed by atoms with van der Waals surface area (Å²) in [5.74, 6) is 0.533. The Labute approximate surface area is 182 Å². The van der Waals surface area contributed by atoms with Crippen molar-refractivity contribution in [1.29, 1.82) is 0 Å². The van der Waals surface area contributed by atoms with Gasteiger partial charge in [0.05, 0.1) is 23.4 Å². The third-order valence-electron chi connectivity index (χ3n) is 4.95. The number of benzene rings is 2. The fourth-order valence-corrected chi connectivity index (χ4v) is 4.68. The number of aromatic nitrogens is 1. The smallest absolute Gasteiger partial charge is 0.279 e. The maximum absolute atomic E-state index is 12.8. The van der Waals surface area contributed by atoms with Gasteiger partial charge in [-0.25, -0.2) is 0 Å². The Balaban J connectivity index is 1.88. The Morgan fingerprint density at radius 2 is 1.87 bits per heavy atom. The molecule has 30 heavy (non-hydrogen) atoms. The number of ether oxygens (including phenoxy) is 2. The van der Waals surface area contributed by atoms with Crippen molar-refractivity contribution >= 4 is 27.5 Å². The first kappa shape index (κ1) is 22.2. The standard InChI is InChI=1S/C24H30N2O3S/c1-5-6-7-13-29-20-10-8-19(9-11-20)23(27)25-24-26(12-14-28-4)22-18(3)15-17(2)16-21(22)30-24/h8-11,15-16H,5-7,12-14H2,1-4H3. The number of hydrogen-bond donors (Lipinski definition) is 0. The van der Waals surface area contributed by atoms with Crippen LogP contribution in [0.2, 0.25) is 0 Å². The van der Waals surface area contributed by atoms with Crippen molar-refractivity contribution in [1.82, 2.24) is 4.57 Å². The number of nitrogens with zero attached hydrogens (tertiary/aromatic N) is 2. The number of methoxy groups -OCH3 is 1. The van der Waals surface area contributed by atoms with E-state index in [9.17, 15) is 4.79 Å². The van der Waals surface area contributed by atoms with Crippen molar-refractivity contribution in [2.24, 2.45) is 4.99 Å². The Morgan fingerprint density at radius 1 is 1.10 bits per heavy atom. The first-order chi connectivity index (χ1) is 14.5. The molecule has 3 rings (SSSR count). The molecular weight excluding hydrogens is 396 g/mol. The fraction of sp³-hybridized carbons (Fsp3) is 0.417. The minimum absolute atomic E-state index is 0.250. The molecular formula is C24H30N2O3S. The Morgan fingerprint density at radius 3 is 2.57 bits per heavy atom. The maximum Gasteiger partial charge on any atom is 0.279 e. The molecule has 0 radical (unpaired) electrons. The molecule has 2 aromatic carbocycles. The molecule has 1 heterocycles. The average Bonchev–Trinajstić information content (AvgIpc) is 3.07. The Bertz CT molecular complexity index is 1060. The van der Waals surface area contributed by atoms with Gasteiger partial charge in [-0.3, -0.25) is 4.79 Å². The zero-order valence-corrected chi connectivity index (χ0v) is 19.1. The van der Waals surface area contributed by atoms with Crippen molar-refractivity contribution in [2.75, 3.05) is 20.3 Å². The SMILES string of the molecule is CCCCCOc1ccc(C(=O)N=c2sc3cc(C)cc(C)c3n2CCOC)cc1. The summed E-state index contributed by atoms with van der Waals surface area (Å²) in [6.07, 6.45) is 3.37. The number of thiazole rings is 1. The van der Waals surface area contributed by atoms with E-state index >= 15 is 0 Å². The van der Waals surface area contributed by atoms with Crippen molar-refractivity contribution in [3.8, 4) is 5.75 Å². The predicted molar refractivity (Wildman–Crippen MR) is 123 cm³/mol. The van der Waals surface area contributed by atoms with Crippen LogP contribution in [-0.2, 0) is 11.3 Å². The van der Waals surface area contributed by atoms with Crippen molar-refractivity contribution in [3.05, 3.63) is 57.9 Å². The summed E-state index contributed by atoms with van der Waals surface area (Å²) >= 11 is 1.54. The molecule has 1 aromatic heterocycles. The van der Waals surface area contributed by atoms with Gasteiger partial charge in [0.1, 0.15) is 5.75 Å². The van der Waals surface area contributed by atoms with Crippen LogP contribution in [0.15, 0.2) is 41.4 Å². The molecule has 0 fully saturated rings. The van der Waals surface area contributed by atoms with Crippen LogP contribution in [0.1, 0.15) is 47.7 Å². The Hall–Kier alpha value is -2.44. The summed E-state index contributed by atoms with van der Waals surface area (Å²) in [7, 11) is 1.68. The topological polar surface area (TPSA) is 52.8 Å². The van der Waals surface area contributed by atoms with Gasteiger partial charge in [0.25, 0.3) is 5.91 Å². The maximum atomic E-state index is 12.8. The number of rotatable bonds is 9. The predicted octanol–water partition coefficient (Wildman–Crippen LogP) is 5.28. The molecule has 3 aromatic rings. The highest BCUT2D eigenvalue weighted by Crippen LogP contribution is 2.23. The summed E-state index contributed by atoms with van der Waals surface area (Å²) < 4.78 is 14.2. The average molecular weight is 427 g/mol. The molecule has 0 atom stereocenters. The van der Waals surface area contributed by atoms with Gasteiger partial charge in [-0.15, -0.1) is 0 Å². The summed E-state index contributed by atoms with van der Waals surface area (Å²) in [4.78, 5) is 18.0. The van der Waals surface area contributed by atoms with Gasteiger partial charge in [0, 0.05) is 19.2 Å². The zero-order valence-electron chi connectivity index (χ0n) is 18.2. The Kier molecular flexibility index (Phi) is 7.82. The first-order valence-electron chi connectivity index (χ1n) is 10.4. The molecule has 6 heteroatoms. The van der Waals surface area contributed by atoms with Gasteiger partial charge in [0.15, 0.2) is 4.80 Å². The van der Waals surface area contributed by atoms with Crippen molar-refractivity contribution in [2.45, 2.75) is 46.6 Å². The molecule has 5 nitrogen and oxygen atoms in total. The highest BCUT2D eigenvalue weighted by molar-refractivity contribution is 7.16. The highest BCUT2D eigenvalue weighted by Gasteiger charge is 2.12. The molecule has 0 spiro atoms. The molecule has 0 aliphatic rings. The molecule has 0 bridgehead atoms. The molecule has 0 aliphatic carbocycles. The summed E-state index contributed by atoms with van der Waals surface area (Å²) in [5, 5.41) is 0. The van der Waals surface area contributed by atoms with Crippen LogP contribution in [-0.4, -0.2) is 30.8 Å². The van der Waals surface area contributed by atoms with Gasteiger partial charge in [0.2, 0.25) is 0 Å². The lowest BCUT2D eigenvalue weighted by molar-refractivity contribution is 0.0997. The molecule has 0 aliphatic heterocycles. The van der Waals surface area contributed by atoms with Gasteiger partial charge in [-0.2, -0.15) is 4.99 Å². The summed E-state index contributed by atoms with van der Waals surface area (Å²) in [5.41, 5.74) is 4.05. The van der Waals surface area contributed by atoms with Gasteiger partial charge in [-0.05, 0) is 61.7 Å². The normalized spacial score (nSPS) is 11.9. The number of unbranched alkanes of at least 4 members (excludes halogenated alkanes) is 2. The minimum Gasteiger partial charge on any atom is -0.494 e. The first-order valence-corrected chi connectivity index (χ1v) is 11.3. The van der Waals surface area contributed by atoms with Gasteiger partial charge in [-0.1, -0.05) is 37.2 Å². The van der Waals surface area contributed by atoms with Gasteiger partial charge >= 0.3 is 0 Å². The highest BCUT2D eigenvalue weighted by atomic mass is 32.1. The van der Waals surface area contributed by atoms with Crippen LogP contribution < -0.4 is 9.54 Å². The van der Waals surface area contributed by atoms with Crippen LogP contribution in [0, 0.1) is 13.8 Å². The van der Waals surface area contributed by atoms with E-state index in [-0.39, 0.29) is 5.91 Å². The number of fused-ring (bicyclic) bond motifs is 1. The number of amides is 1. The van der Waals surface area contributed by atoms with E-state index in [0.717, 1.165) is 28.8 Å². The summed E-state index contributed by atoms with van der Waals surface area (Å²) in [6, 6.07) is 11.5. The zero-order chi connectivity index (χ0) is 21.5. The lowest BCUT2D eigenvalue weighted by atomic mass is 10.1. The lowest BCUT2D eigenvalue weighted by Gasteiger charge is -2.07. The largest absolute Gasteiger partial charge is 0.494 e. The number of hydrogen-bond acceptors (Lipinski definition) is 4. The molecule has 0 saturated carbocycles. The second-order valence-electron chi connectivity index (χ2n) is 7.45. The number of carbonyl (C=O) groups is 1. The van der Waals surface area contributed by atoms with Crippen LogP contribution in [0.25, 0.3) is 10.2 Å². The number of carbonyl (C=O) groups excluding carboxylic acids is 1. The lowest BCUT2D eigenvalue weighted by Crippen LogP contribution is -2.19. The van der Waals surface area contributed by atoms with Crippen LogP contribution >= 0.6 is 11.3 Å². The van der Waals surface area contributed by atoms with E-state index in [1.54, 1.807) is 19.2 Å². The van der Waals surface area contributed by atoms with E-state index < -0.39 is 0 Å². The van der Waals surface area contributed by atoms with E-state index in [4.69, 9.17) is 9.47 Å². The van der Waals surface area contributed by atoms with Crippen LogP contribution in [0.4, 0.5) is 0 Å². The third kappa shape index (κ3) is 5.37.